The van der Waals surface area contributed by atoms with Gasteiger partial charge in [-0.25, -0.2) is 0 Å². The molecule has 0 aliphatic carbocycles. The molecule has 1 fully saturated rings. The first-order valence-corrected chi connectivity index (χ1v) is 9.52. The van der Waals surface area contributed by atoms with E-state index < -0.39 is 0 Å². The number of anilines is 2. The monoisotopic (exact) mass is 392 g/mol. The number of nitrogens with zero attached hydrogens (tertiary/aromatic N) is 1. The summed E-state index contributed by atoms with van der Waals surface area (Å²) in [6.07, 6.45) is 3.51. The van der Waals surface area contributed by atoms with Gasteiger partial charge in [0.25, 0.3) is 5.91 Å². The molecule has 1 aliphatic rings. The van der Waals surface area contributed by atoms with Crippen LogP contribution in [-0.2, 0) is 4.79 Å². The van der Waals surface area contributed by atoms with Gasteiger partial charge in [0.15, 0.2) is 6.61 Å². The number of aryl methyl sites for hydroxylation is 1. The summed E-state index contributed by atoms with van der Waals surface area (Å²) in [5, 5.41) is 4.25. The minimum Gasteiger partial charge on any atom is -0.484 e. The highest BCUT2D eigenvalue weighted by atomic mass is 35.5. The lowest BCUT2D eigenvalue weighted by molar-refractivity contribution is -0.118. The molecule has 0 aromatic heterocycles. The number of halogens is 2. The molecule has 0 atom stereocenters. The van der Waals surface area contributed by atoms with E-state index in [1.165, 1.54) is 6.42 Å². The van der Waals surface area contributed by atoms with Crippen molar-refractivity contribution in [2.24, 2.45) is 0 Å². The van der Waals surface area contributed by atoms with E-state index in [4.69, 9.17) is 27.9 Å². The summed E-state index contributed by atoms with van der Waals surface area (Å²) >= 11 is 12.4. The molecular weight excluding hydrogens is 371 g/mol. The van der Waals surface area contributed by atoms with E-state index in [1.54, 1.807) is 12.1 Å². The fourth-order valence-corrected chi connectivity index (χ4v) is 3.51. The minimum absolute atomic E-state index is 0.0764. The highest BCUT2D eigenvalue weighted by molar-refractivity contribution is 6.34. The summed E-state index contributed by atoms with van der Waals surface area (Å²) < 4.78 is 5.57. The number of nitrogens with one attached hydrogen (secondary N) is 1. The van der Waals surface area contributed by atoms with Crippen molar-refractivity contribution in [3.8, 4) is 5.75 Å². The molecule has 0 radical (unpaired) electrons. The third-order valence-corrected chi connectivity index (χ3v) is 5.16. The molecule has 0 bridgehead atoms. The zero-order valence-corrected chi connectivity index (χ0v) is 16.2. The molecule has 1 aliphatic heterocycles. The topological polar surface area (TPSA) is 41.6 Å². The number of carbonyl (C=O) groups is 1. The summed E-state index contributed by atoms with van der Waals surface area (Å²) in [6, 6.07) is 10.9. The van der Waals surface area contributed by atoms with E-state index in [1.807, 2.05) is 31.2 Å². The van der Waals surface area contributed by atoms with Crippen LogP contribution in [-0.4, -0.2) is 25.6 Å². The number of rotatable bonds is 5. The standard InChI is InChI=1S/C20H22Cl2N2O2/c1-14-12-15(8-9-16(14)21)26-13-19(25)23-18-7-5-6-17(22)20(18)24-10-3-2-4-11-24/h5-9,12H,2-4,10-11,13H2,1H3,(H,23,25). The van der Waals surface area contributed by atoms with E-state index in [0.717, 1.165) is 42.9 Å². The predicted molar refractivity (Wildman–Crippen MR) is 108 cm³/mol. The lowest BCUT2D eigenvalue weighted by Gasteiger charge is -2.31. The van der Waals surface area contributed by atoms with Crippen molar-refractivity contribution >= 4 is 40.5 Å². The first-order chi connectivity index (χ1) is 12.5. The molecule has 1 N–H and O–H groups in total. The molecule has 138 valence electrons. The zero-order valence-electron chi connectivity index (χ0n) is 14.7. The summed E-state index contributed by atoms with van der Waals surface area (Å²) in [5.74, 6) is 0.391. The van der Waals surface area contributed by atoms with Gasteiger partial charge in [-0.3, -0.25) is 4.79 Å². The normalized spacial score (nSPS) is 14.2. The maximum absolute atomic E-state index is 12.4. The van der Waals surface area contributed by atoms with Gasteiger partial charge in [-0.2, -0.15) is 0 Å². The molecule has 0 saturated carbocycles. The van der Waals surface area contributed by atoms with Gasteiger partial charge in [0.1, 0.15) is 5.75 Å². The molecule has 4 nitrogen and oxygen atoms in total. The van der Waals surface area contributed by atoms with Crippen molar-refractivity contribution in [1.82, 2.24) is 0 Å². The van der Waals surface area contributed by atoms with Gasteiger partial charge in [-0.15, -0.1) is 0 Å². The van der Waals surface area contributed by atoms with E-state index in [-0.39, 0.29) is 12.5 Å². The predicted octanol–water partition coefficient (Wildman–Crippen LogP) is 5.31. The van der Waals surface area contributed by atoms with E-state index >= 15 is 0 Å². The average Bonchev–Trinajstić information content (AvgIpc) is 2.63. The number of ether oxygens (including phenoxy) is 1. The summed E-state index contributed by atoms with van der Waals surface area (Å²) in [5.41, 5.74) is 2.52. The number of hydrogen-bond donors (Lipinski definition) is 1. The Balaban J connectivity index is 1.67. The molecule has 2 aromatic carbocycles. The highest BCUT2D eigenvalue weighted by Gasteiger charge is 2.18. The van der Waals surface area contributed by atoms with Crippen LogP contribution >= 0.6 is 23.2 Å². The Morgan fingerprint density at radius 3 is 2.62 bits per heavy atom. The number of piperidine rings is 1. The largest absolute Gasteiger partial charge is 0.484 e. The van der Waals surface area contributed by atoms with Crippen LogP contribution in [0.1, 0.15) is 24.8 Å². The molecule has 26 heavy (non-hydrogen) atoms. The van der Waals surface area contributed by atoms with E-state index in [2.05, 4.69) is 10.2 Å². The van der Waals surface area contributed by atoms with Crippen LogP contribution in [0.2, 0.25) is 10.0 Å². The first-order valence-electron chi connectivity index (χ1n) is 8.77. The van der Waals surface area contributed by atoms with Gasteiger partial charge in [-0.05, 0) is 62.1 Å². The van der Waals surface area contributed by atoms with Crippen molar-refractivity contribution in [3.63, 3.8) is 0 Å². The van der Waals surface area contributed by atoms with Crippen LogP contribution in [0.4, 0.5) is 11.4 Å². The van der Waals surface area contributed by atoms with Crippen LogP contribution in [0.25, 0.3) is 0 Å². The Hall–Kier alpha value is -1.91. The Bertz CT molecular complexity index is 789. The fraction of sp³-hybridized carbons (Fsp3) is 0.350. The Kier molecular flexibility index (Phi) is 6.28. The number of carbonyl (C=O) groups excluding carboxylic acids is 1. The molecule has 1 saturated heterocycles. The second-order valence-corrected chi connectivity index (χ2v) is 7.25. The Morgan fingerprint density at radius 2 is 1.88 bits per heavy atom. The Morgan fingerprint density at radius 1 is 1.12 bits per heavy atom. The molecule has 1 amide bonds. The van der Waals surface area contributed by atoms with Gasteiger partial charge in [-0.1, -0.05) is 29.3 Å². The lowest BCUT2D eigenvalue weighted by Crippen LogP contribution is -2.31. The third-order valence-electron chi connectivity index (χ3n) is 4.43. The average molecular weight is 393 g/mol. The lowest BCUT2D eigenvalue weighted by atomic mass is 10.1. The van der Waals surface area contributed by atoms with Crippen molar-refractivity contribution in [1.29, 1.82) is 0 Å². The van der Waals surface area contributed by atoms with Gasteiger partial charge < -0.3 is 15.0 Å². The second-order valence-electron chi connectivity index (χ2n) is 6.43. The van der Waals surface area contributed by atoms with Crippen molar-refractivity contribution in [2.45, 2.75) is 26.2 Å². The van der Waals surface area contributed by atoms with E-state index in [9.17, 15) is 4.79 Å². The molecule has 2 aromatic rings. The summed E-state index contributed by atoms with van der Waals surface area (Å²) in [6.45, 7) is 3.72. The summed E-state index contributed by atoms with van der Waals surface area (Å²) in [4.78, 5) is 14.6. The minimum atomic E-state index is -0.224. The van der Waals surface area contributed by atoms with Crippen LogP contribution < -0.4 is 15.0 Å². The van der Waals surface area contributed by atoms with Crippen LogP contribution in [0, 0.1) is 6.92 Å². The van der Waals surface area contributed by atoms with Gasteiger partial charge >= 0.3 is 0 Å². The first kappa shape index (κ1) is 18.9. The number of para-hydroxylation sites is 1. The van der Waals surface area contributed by atoms with Crippen LogP contribution in [0.5, 0.6) is 5.75 Å². The smallest absolute Gasteiger partial charge is 0.262 e. The van der Waals surface area contributed by atoms with Gasteiger partial charge in [0.05, 0.1) is 16.4 Å². The Labute approximate surface area is 164 Å². The second kappa shape index (κ2) is 8.65. The van der Waals surface area contributed by atoms with Crippen LogP contribution in [0.15, 0.2) is 36.4 Å². The van der Waals surface area contributed by atoms with Crippen molar-refractivity contribution in [3.05, 3.63) is 52.0 Å². The maximum atomic E-state index is 12.4. The molecule has 3 rings (SSSR count). The number of hydrogen-bond acceptors (Lipinski definition) is 3. The molecule has 1 heterocycles. The SMILES string of the molecule is Cc1cc(OCC(=O)Nc2cccc(Cl)c2N2CCCCC2)ccc1Cl. The zero-order chi connectivity index (χ0) is 18.5. The molecule has 0 unspecified atom stereocenters. The van der Waals surface area contributed by atoms with E-state index in [0.29, 0.717) is 15.8 Å². The van der Waals surface area contributed by atoms with Crippen LogP contribution in [0.3, 0.4) is 0 Å². The van der Waals surface area contributed by atoms with Crippen molar-refractivity contribution in [2.75, 3.05) is 29.9 Å². The van der Waals surface area contributed by atoms with Gasteiger partial charge in [0, 0.05) is 18.1 Å². The number of amides is 1. The van der Waals surface area contributed by atoms with Crippen molar-refractivity contribution < 1.29 is 9.53 Å². The maximum Gasteiger partial charge on any atom is 0.262 e. The van der Waals surface area contributed by atoms with Gasteiger partial charge in [0.2, 0.25) is 0 Å². The quantitative estimate of drug-likeness (QED) is 0.749. The summed E-state index contributed by atoms with van der Waals surface area (Å²) in [7, 11) is 0. The molecule has 0 spiro atoms. The molecular formula is C20H22Cl2N2O2. The molecule has 6 heteroatoms. The third kappa shape index (κ3) is 4.63. The number of benzene rings is 2. The fourth-order valence-electron chi connectivity index (χ4n) is 3.10. The highest BCUT2D eigenvalue weighted by Crippen LogP contribution is 2.35.